The molecule has 1 saturated heterocycles. The molecule has 1 aliphatic rings. The summed E-state index contributed by atoms with van der Waals surface area (Å²) in [5.74, 6) is 1.51. The number of amides is 1. The van der Waals surface area contributed by atoms with Gasteiger partial charge in [-0.25, -0.2) is 0 Å². The molecule has 0 radical (unpaired) electrons. The van der Waals surface area contributed by atoms with Crippen LogP contribution in [0.4, 0.5) is 0 Å². The van der Waals surface area contributed by atoms with E-state index in [0.717, 1.165) is 24.8 Å². The van der Waals surface area contributed by atoms with E-state index in [0.29, 0.717) is 37.9 Å². The van der Waals surface area contributed by atoms with E-state index in [-0.39, 0.29) is 12.0 Å². The molecule has 1 aromatic carbocycles. The van der Waals surface area contributed by atoms with Gasteiger partial charge in [0.05, 0.1) is 20.3 Å². The van der Waals surface area contributed by atoms with Gasteiger partial charge in [0.15, 0.2) is 11.5 Å². The van der Waals surface area contributed by atoms with E-state index in [1.54, 1.807) is 14.2 Å². The molecule has 0 spiro atoms. The molecule has 6 heteroatoms. The van der Waals surface area contributed by atoms with E-state index in [4.69, 9.17) is 18.9 Å². The van der Waals surface area contributed by atoms with Crippen LogP contribution < -0.4 is 14.8 Å². The van der Waals surface area contributed by atoms with Gasteiger partial charge in [0.2, 0.25) is 6.41 Å². The van der Waals surface area contributed by atoms with Crippen LogP contribution in [0.15, 0.2) is 18.2 Å². The second-order valence-corrected chi connectivity index (χ2v) is 5.47. The van der Waals surface area contributed by atoms with Gasteiger partial charge in [-0.1, -0.05) is 6.07 Å². The van der Waals surface area contributed by atoms with Crippen molar-refractivity contribution in [3.05, 3.63) is 23.8 Å². The van der Waals surface area contributed by atoms with Gasteiger partial charge in [0.25, 0.3) is 0 Å². The Hall–Kier alpha value is -1.79. The van der Waals surface area contributed by atoms with Gasteiger partial charge in [-0.2, -0.15) is 0 Å². The number of benzene rings is 1. The van der Waals surface area contributed by atoms with Crippen molar-refractivity contribution in [2.45, 2.75) is 24.8 Å². The second-order valence-electron chi connectivity index (χ2n) is 5.47. The highest BCUT2D eigenvalue weighted by molar-refractivity contribution is 5.48. The molecule has 23 heavy (non-hydrogen) atoms. The fourth-order valence-corrected chi connectivity index (χ4v) is 2.78. The zero-order chi connectivity index (χ0) is 16.5. The average molecular weight is 323 g/mol. The number of nitrogens with one attached hydrogen (secondary N) is 1. The van der Waals surface area contributed by atoms with Crippen molar-refractivity contribution in [2.24, 2.45) is 0 Å². The summed E-state index contributed by atoms with van der Waals surface area (Å²) in [6, 6.07) is 5.95. The molecule has 2 rings (SSSR count). The summed E-state index contributed by atoms with van der Waals surface area (Å²) in [4.78, 5) is 10.8. The quantitative estimate of drug-likeness (QED) is 0.554. The first-order chi connectivity index (χ1) is 11.3. The van der Waals surface area contributed by atoms with Crippen LogP contribution in [0, 0.1) is 0 Å². The Balaban J connectivity index is 2.12. The van der Waals surface area contributed by atoms with E-state index < -0.39 is 0 Å². The van der Waals surface area contributed by atoms with E-state index in [9.17, 15) is 4.79 Å². The van der Waals surface area contributed by atoms with E-state index in [2.05, 4.69) is 5.32 Å². The first-order valence-corrected chi connectivity index (χ1v) is 7.87. The Labute approximate surface area is 137 Å². The molecular formula is C17H25NO5. The van der Waals surface area contributed by atoms with Crippen LogP contribution in [0.3, 0.4) is 0 Å². The summed E-state index contributed by atoms with van der Waals surface area (Å²) >= 11 is 0. The van der Waals surface area contributed by atoms with Gasteiger partial charge in [0, 0.05) is 38.7 Å². The fraction of sp³-hybridized carbons (Fsp3) is 0.588. The fourth-order valence-electron chi connectivity index (χ4n) is 2.78. The SMILES string of the molecule is COCCCOc1cc(C2COCCC2NC=O)ccc1OC. The first kappa shape index (κ1) is 17.6. The lowest BCUT2D eigenvalue weighted by Crippen LogP contribution is -2.40. The first-order valence-electron chi connectivity index (χ1n) is 7.87. The van der Waals surface area contributed by atoms with Crippen LogP contribution in [0.5, 0.6) is 11.5 Å². The van der Waals surface area contributed by atoms with Crippen LogP contribution in [0.2, 0.25) is 0 Å². The average Bonchev–Trinajstić information content (AvgIpc) is 2.59. The maximum atomic E-state index is 10.8. The lowest BCUT2D eigenvalue weighted by atomic mass is 9.88. The highest BCUT2D eigenvalue weighted by Crippen LogP contribution is 2.34. The molecule has 1 amide bonds. The summed E-state index contributed by atoms with van der Waals surface area (Å²) in [5, 5.41) is 2.89. The van der Waals surface area contributed by atoms with Crippen molar-refractivity contribution in [1.82, 2.24) is 5.32 Å². The Bertz CT molecular complexity index is 494. The molecule has 1 aliphatic heterocycles. The molecule has 0 aromatic heterocycles. The van der Waals surface area contributed by atoms with Gasteiger partial charge in [-0.15, -0.1) is 0 Å². The molecular weight excluding hydrogens is 298 g/mol. The molecule has 0 aliphatic carbocycles. The van der Waals surface area contributed by atoms with E-state index in [1.807, 2.05) is 18.2 Å². The van der Waals surface area contributed by atoms with Crippen LogP contribution in [-0.4, -0.2) is 53.1 Å². The van der Waals surface area contributed by atoms with Crippen LogP contribution in [0.1, 0.15) is 24.3 Å². The molecule has 1 fully saturated rings. The molecule has 2 atom stereocenters. The number of carbonyl (C=O) groups is 1. The van der Waals surface area contributed by atoms with Gasteiger partial charge in [0.1, 0.15) is 0 Å². The number of methoxy groups -OCH3 is 2. The van der Waals surface area contributed by atoms with Gasteiger partial charge in [-0.3, -0.25) is 4.79 Å². The number of carbonyl (C=O) groups excluding carboxylic acids is 1. The van der Waals surface area contributed by atoms with Crippen molar-refractivity contribution >= 4 is 6.41 Å². The highest BCUT2D eigenvalue weighted by Gasteiger charge is 2.27. The van der Waals surface area contributed by atoms with Crippen molar-refractivity contribution < 1.29 is 23.7 Å². The van der Waals surface area contributed by atoms with Gasteiger partial charge < -0.3 is 24.3 Å². The molecule has 1 heterocycles. The summed E-state index contributed by atoms with van der Waals surface area (Å²) in [7, 11) is 3.29. The Morgan fingerprint density at radius 1 is 1.30 bits per heavy atom. The van der Waals surface area contributed by atoms with Gasteiger partial charge in [-0.05, 0) is 24.1 Å². The standard InChI is InChI=1S/C17H25NO5/c1-20-7-3-8-23-17-10-13(4-5-16(17)21-2)14-11-22-9-6-15(14)18-12-19/h4-5,10,12,14-15H,3,6-9,11H2,1-2H3,(H,18,19). The third kappa shape index (κ3) is 4.84. The number of ether oxygens (including phenoxy) is 4. The summed E-state index contributed by atoms with van der Waals surface area (Å²) in [6.45, 7) is 2.47. The predicted octanol–water partition coefficient (Wildman–Crippen LogP) is 1.73. The highest BCUT2D eigenvalue weighted by atomic mass is 16.5. The third-order valence-corrected chi connectivity index (χ3v) is 4.00. The molecule has 0 saturated carbocycles. The zero-order valence-corrected chi connectivity index (χ0v) is 13.7. The second kappa shape index (κ2) is 9.37. The normalized spacial score (nSPS) is 20.8. The van der Waals surface area contributed by atoms with Crippen LogP contribution >= 0.6 is 0 Å². The van der Waals surface area contributed by atoms with Crippen LogP contribution in [0.25, 0.3) is 0 Å². The molecule has 128 valence electrons. The maximum Gasteiger partial charge on any atom is 0.207 e. The summed E-state index contributed by atoms with van der Waals surface area (Å²) in [6.07, 6.45) is 2.37. The third-order valence-electron chi connectivity index (χ3n) is 4.00. The number of hydrogen-bond donors (Lipinski definition) is 1. The van der Waals surface area contributed by atoms with Crippen LogP contribution in [-0.2, 0) is 14.3 Å². The Morgan fingerprint density at radius 2 is 2.17 bits per heavy atom. The Kier molecular flexibility index (Phi) is 7.16. The van der Waals surface area contributed by atoms with E-state index >= 15 is 0 Å². The Morgan fingerprint density at radius 3 is 2.91 bits per heavy atom. The lowest BCUT2D eigenvalue weighted by molar-refractivity contribution is -0.110. The molecule has 1 aromatic rings. The molecule has 1 N–H and O–H groups in total. The minimum Gasteiger partial charge on any atom is -0.493 e. The summed E-state index contributed by atoms with van der Waals surface area (Å²) < 4.78 is 21.8. The number of rotatable bonds is 9. The minimum atomic E-state index is 0.0796. The lowest BCUT2D eigenvalue weighted by Gasteiger charge is -2.31. The largest absolute Gasteiger partial charge is 0.493 e. The van der Waals surface area contributed by atoms with E-state index in [1.165, 1.54) is 0 Å². The van der Waals surface area contributed by atoms with Crippen molar-refractivity contribution in [2.75, 3.05) is 40.6 Å². The maximum absolute atomic E-state index is 10.8. The van der Waals surface area contributed by atoms with Gasteiger partial charge >= 0.3 is 0 Å². The molecule has 0 bridgehead atoms. The monoisotopic (exact) mass is 323 g/mol. The zero-order valence-electron chi connectivity index (χ0n) is 13.7. The van der Waals surface area contributed by atoms with Crippen molar-refractivity contribution in [3.8, 4) is 11.5 Å². The predicted molar refractivity (Wildman–Crippen MR) is 86.1 cm³/mol. The smallest absolute Gasteiger partial charge is 0.207 e. The van der Waals surface area contributed by atoms with Crippen molar-refractivity contribution in [3.63, 3.8) is 0 Å². The van der Waals surface area contributed by atoms with Crippen molar-refractivity contribution in [1.29, 1.82) is 0 Å². The molecule has 6 nitrogen and oxygen atoms in total. The summed E-state index contributed by atoms with van der Waals surface area (Å²) in [5.41, 5.74) is 1.08. The topological polar surface area (TPSA) is 66.0 Å². The minimum absolute atomic E-state index is 0.0796. The molecule has 2 unspecified atom stereocenters. The number of hydrogen-bond acceptors (Lipinski definition) is 5.